The monoisotopic (exact) mass is 498 g/mol. The number of halogens is 1. The van der Waals surface area contributed by atoms with Gasteiger partial charge in [0.15, 0.2) is 0 Å². The molecule has 2 N–H and O–H groups in total. The predicted octanol–water partition coefficient (Wildman–Crippen LogP) is 6.15. The van der Waals surface area contributed by atoms with Gasteiger partial charge in [-0.25, -0.2) is 0 Å². The lowest BCUT2D eigenvalue weighted by Gasteiger charge is -2.18. The Labute approximate surface area is 194 Å². The van der Waals surface area contributed by atoms with Crippen molar-refractivity contribution in [1.82, 2.24) is 0 Å². The van der Waals surface area contributed by atoms with Crippen LogP contribution < -0.4 is 15.4 Å². The number of ether oxygens (including phenoxy) is 1. The van der Waals surface area contributed by atoms with Crippen molar-refractivity contribution in [2.75, 3.05) is 17.7 Å². The van der Waals surface area contributed by atoms with Gasteiger partial charge in [-0.3, -0.25) is 9.59 Å². The molecule has 0 spiro atoms. The Hall–Kier alpha value is -2.64. The molecule has 0 saturated carbocycles. The van der Waals surface area contributed by atoms with E-state index in [0.29, 0.717) is 27.7 Å². The minimum absolute atomic E-state index is 0.205. The lowest BCUT2D eigenvalue weighted by atomic mass is 9.88. The van der Waals surface area contributed by atoms with Crippen molar-refractivity contribution >= 4 is 49.8 Å². The van der Waals surface area contributed by atoms with E-state index in [1.165, 1.54) is 16.2 Å². The molecule has 5 nitrogen and oxygen atoms in total. The summed E-state index contributed by atoms with van der Waals surface area (Å²) in [4.78, 5) is 27.3. The maximum absolute atomic E-state index is 13.3. The molecular formula is C24H23BrN2O3S. The first-order valence-corrected chi connectivity index (χ1v) is 11.7. The first-order valence-electron chi connectivity index (χ1n) is 10.1. The zero-order valence-electron chi connectivity index (χ0n) is 17.3. The van der Waals surface area contributed by atoms with Gasteiger partial charge in [0.1, 0.15) is 10.8 Å². The van der Waals surface area contributed by atoms with Gasteiger partial charge < -0.3 is 15.4 Å². The Kier molecular flexibility index (Phi) is 6.43. The van der Waals surface area contributed by atoms with Crippen LogP contribution in [0.15, 0.2) is 53.0 Å². The van der Waals surface area contributed by atoms with Crippen molar-refractivity contribution in [2.45, 2.75) is 26.2 Å². The van der Waals surface area contributed by atoms with Crippen molar-refractivity contribution in [3.05, 3.63) is 74.6 Å². The second kappa shape index (κ2) is 9.24. The highest BCUT2D eigenvalue weighted by Crippen LogP contribution is 2.40. The van der Waals surface area contributed by atoms with Crippen LogP contribution in [0, 0.1) is 5.92 Å². The fraction of sp³-hybridized carbons (Fsp3) is 0.250. The van der Waals surface area contributed by atoms with Gasteiger partial charge in [0.25, 0.3) is 11.8 Å². The Bertz CT molecular complexity index is 1110. The van der Waals surface area contributed by atoms with Gasteiger partial charge in [-0.1, -0.05) is 22.9 Å². The lowest BCUT2D eigenvalue weighted by Crippen LogP contribution is -2.19. The third-order valence-electron chi connectivity index (χ3n) is 5.42. The van der Waals surface area contributed by atoms with E-state index >= 15 is 0 Å². The van der Waals surface area contributed by atoms with Gasteiger partial charge in [0.05, 0.1) is 12.7 Å². The SMILES string of the molecule is COc1ccc(NC(=O)c2c(NC(=O)c3ccc(Br)cc3)sc3c2CC[C@H](C)C3)cc1. The maximum atomic E-state index is 13.3. The van der Waals surface area contributed by atoms with Crippen LogP contribution in [0.5, 0.6) is 5.75 Å². The molecule has 7 heteroatoms. The quantitative estimate of drug-likeness (QED) is 0.443. The highest BCUT2D eigenvalue weighted by molar-refractivity contribution is 9.10. The van der Waals surface area contributed by atoms with Crippen LogP contribution in [-0.2, 0) is 12.8 Å². The molecular weight excluding hydrogens is 476 g/mol. The number of anilines is 2. The molecule has 1 heterocycles. The lowest BCUT2D eigenvalue weighted by molar-refractivity contribution is 0.102. The number of hydrogen-bond donors (Lipinski definition) is 2. The molecule has 0 unspecified atom stereocenters. The molecule has 0 radical (unpaired) electrons. The molecule has 1 aromatic heterocycles. The Balaban J connectivity index is 1.63. The van der Waals surface area contributed by atoms with Crippen LogP contribution in [-0.4, -0.2) is 18.9 Å². The van der Waals surface area contributed by atoms with E-state index in [2.05, 4.69) is 33.5 Å². The summed E-state index contributed by atoms with van der Waals surface area (Å²) in [6.45, 7) is 2.22. The number of fused-ring (bicyclic) bond motifs is 1. The third-order valence-corrected chi connectivity index (χ3v) is 7.12. The molecule has 0 fully saturated rings. The normalized spacial score (nSPS) is 15.1. The molecule has 2 amide bonds. The van der Waals surface area contributed by atoms with Crippen LogP contribution in [0.25, 0.3) is 0 Å². The summed E-state index contributed by atoms with van der Waals surface area (Å²) >= 11 is 4.90. The molecule has 160 valence electrons. The number of hydrogen-bond acceptors (Lipinski definition) is 4. The summed E-state index contributed by atoms with van der Waals surface area (Å²) in [5.41, 5.74) is 2.86. The number of carbonyl (C=O) groups is 2. The van der Waals surface area contributed by atoms with Gasteiger partial charge >= 0.3 is 0 Å². The summed E-state index contributed by atoms with van der Waals surface area (Å²) in [6, 6.07) is 14.4. The van der Waals surface area contributed by atoms with Crippen molar-refractivity contribution in [3.8, 4) is 5.75 Å². The highest BCUT2D eigenvalue weighted by Gasteiger charge is 2.28. The van der Waals surface area contributed by atoms with Gasteiger partial charge in [-0.05, 0) is 79.3 Å². The topological polar surface area (TPSA) is 67.4 Å². The standard InChI is InChI=1S/C24H23BrN2O3S/c1-14-3-12-19-20(13-14)31-24(27-22(28)15-4-6-16(25)7-5-15)21(19)23(29)26-17-8-10-18(30-2)11-9-17/h4-11,14H,3,12-13H2,1-2H3,(H,26,29)(H,27,28)/t14-/m0/s1. The summed E-state index contributed by atoms with van der Waals surface area (Å²) < 4.78 is 6.09. The molecule has 3 aromatic rings. The third kappa shape index (κ3) is 4.83. The van der Waals surface area contributed by atoms with Crippen LogP contribution >= 0.6 is 27.3 Å². The summed E-state index contributed by atoms with van der Waals surface area (Å²) in [5.74, 6) is 0.863. The van der Waals surface area contributed by atoms with Gasteiger partial charge in [-0.15, -0.1) is 11.3 Å². The fourth-order valence-electron chi connectivity index (χ4n) is 3.72. The van der Waals surface area contributed by atoms with Gasteiger partial charge in [0, 0.05) is 20.6 Å². The first kappa shape index (κ1) is 21.6. The summed E-state index contributed by atoms with van der Waals surface area (Å²) in [7, 11) is 1.60. The van der Waals surface area contributed by atoms with Crippen LogP contribution in [0.1, 0.15) is 44.5 Å². The molecule has 0 saturated heterocycles. The number of thiophene rings is 1. The van der Waals surface area contributed by atoms with E-state index in [9.17, 15) is 9.59 Å². The molecule has 1 aliphatic rings. The van der Waals surface area contributed by atoms with Gasteiger partial charge in [0.2, 0.25) is 0 Å². The van der Waals surface area contributed by atoms with E-state index in [0.717, 1.165) is 35.0 Å². The van der Waals surface area contributed by atoms with Crippen molar-refractivity contribution in [3.63, 3.8) is 0 Å². The number of rotatable bonds is 5. The van der Waals surface area contributed by atoms with E-state index in [-0.39, 0.29) is 11.8 Å². The number of amides is 2. The number of carbonyl (C=O) groups excluding carboxylic acids is 2. The molecule has 31 heavy (non-hydrogen) atoms. The van der Waals surface area contributed by atoms with E-state index in [4.69, 9.17) is 4.74 Å². The molecule has 1 atom stereocenters. The van der Waals surface area contributed by atoms with Crippen molar-refractivity contribution in [2.24, 2.45) is 5.92 Å². The maximum Gasteiger partial charge on any atom is 0.258 e. The van der Waals surface area contributed by atoms with E-state index < -0.39 is 0 Å². The molecule has 0 aliphatic heterocycles. The number of nitrogens with one attached hydrogen (secondary N) is 2. The predicted molar refractivity (Wildman–Crippen MR) is 129 cm³/mol. The zero-order chi connectivity index (χ0) is 22.0. The molecule has 2 aromatic carbocycles. The van der Waals surface area contributed by atoms with Gasteiger partial charge in [-0.2, -0.15) is 0 Å². The minimum atomic E-state index is -0.224. The Morgan fingerprint density at radius 2 is 1.74 bits per heavy atom. The second-order valence-corrected chi connectivity index (χ2v) is 9.72. The summed E-state index contributed by atoms with van der Waals surface area (Å²) in [5, 5.41) is 6.57. The van der Waals surface area contributed by atoms with Crippen molar-refractivity contribution in [1.29, 1.82) is 0 Å². The van der Waals surface area contributed by atoms with Crippen LogP contribution in [0.2, 0.25) is 0 Å². The fourth-order valence-corrected chi connectivity index (χ4v) is 5.39. The highest BCUT2D eigenvalue weighted by atomic mass is 79.9. The number of benzene rings is 2. The summed E-state index contributed by atoms with van der Waals surface area (Å²) in [6.07, 6.45) is 2.80. The van der Waals surface area contributed by atoms with E-state index in [1.54, 1.807) is 43.5 Å². The van der Waals surface area contributed by atoms with Crippen LogP contribution in [0.3, 0.4) is 0 Å². The number of methoxy groups -OCH3 is 1. The first-order chi connectivity index (χ1) is 14.9. The molecule has 4 rings (SSSR count). The zero-order valence-corrected chi connectivity index (χ0v) is 19.7. The Morgan fingerprint density at radius 3 is 2.42 bits per heavy atom. The second-order valence-electron chi connectivity index (χ2n) is 7.70. The minimum Gasteiger partial charge on any atom is -0.497 e. The Morgan fingerprint density at radius 1 is 1.03 bits per heavy atom. The molecule has 0 bridgehead atoms. The van der Waals surface area contributed by atoms with E-state index in [1.807, 2.05) is 12.1 Å². The smallest absolute Gasteiger partial charge is 0.258 e. The molecule has 1 aliphatic carbocycles. The largest absolute Gasteiger partial charge is 0.497 e. The van der Waals surface area contributed by atoms with Crippen LogP contribution in [0.4, 0.5) is 10.7 Å². The average Bonchev–Trinajstić information content (AvgIpc) is 3.11. The van der Waals surface area contributed by atoms with Crippen molar-refractivity contribution < 1.29 is 14.3 Å². The average molecular weight is 499 g/mol.